The van der Waals surface area contributed by atoms with Crippen LogP contribution in [0.15, 0.2) is 17.2 Å². The Hall–Kier alpha value is -1.36. The molecule has 1 aromatic heterocycles. The zero-order chi connectivity index (χ0) is 13.8. The summed E-state index contributed by atoms with van der Waals surface area (Å²) >= 11 is 0. The fourth-order valence-corrected chi connectivity index (χ4v) is 2.54. The minimum Gasteiger partial charge on any atom is -0.363 e. The van der Waals surface area contributed by atoms with E-state index < -0.39 is 0 Å². The Morgan fingerprint density at radius 1 is 1.42 bits per heavy atom. The molecule has 0 spiro atoms. The SMILES string of the molecule is CC(C)Cn1ccnc(NC2CCC(N)CC2)c1=O. The van der Waals surface area contributed by atoms with Crippen LogP contribution in [0.1, 0.15) is 39.5 Å². The molecule has 106 valence electrons. The third-order valence-corrected chi connectivity index (χ3v) is 3.59. The average molecular weight is 264 g/mol. The van der Waals surface area contributed by atoms with Gasteiger partial charge in [0.2, 0.25) is 0 Å². The van der Waals surface area contributed by atoms with E-state index in [1.54, 1.807) is 17.0 Å². The van der Waals surface area contributed by atoms with Gasteiger partial charge in [-0.05, 0) is 31.6 Å². The Labute approximate surface area is 114 Å². The van der Waals surface area contributed by atoms with Gasteiger partial charge in [-0.2, -0.15) is 0 Å². The fraction of sp³-hybridized carbons (Fsp3) is 0.714. The molecule has 1 heterocycles. The molecule has 1 aliphatic carbocycles. The van der Waals surface area contributed by atoms with Crippen LogP contribution in [-0.4, -0.2) is 21.6 Å². The first-order valence-corrected chi connectivity index (χ1v) is 7.14. The van der Waals surface area contributed by atoms with Gasteiger partial charge in [0.1, 0.15) is 0 Å². The first-order valence-electron chi connectivity index (χ1n) is 7.14. The van der Waals surface area contributed by atoms with Crippen molar-refractivity contribution in [3.05, 3.63) is 22.7 Å². The molecule has 19 heavy (non-hydrogen) atoms. The van der Waals surface area contributed by atoms with Crippen LogP contribution >= 0.6 is 0 Å². The molecule has 1 fully saturated rings. The lowest BCUT2D eigenvalue weighted by Gasteiger charge is -2.27. The quantitative estimate of drug-likeness (QED) is 0.866. The summed E-state index contributed by atoms with van der Waals surface area (Å²) in [6.07, 6.45) is 7.52. The Morgan fingerprint density at radius 3 is 2.74 bits per heavy atom. The maximum atomic E-state index is 12.3. The lowest BCUT2D eigenvalue weighted by Crippen LogP contribution is -2.35. The molecule has 0 unspecified atom stereocenters. The molecule has 1 aromatic rings. The van der Waals surface area contributed by atoms with Crippen molar-refractivity contribution in [3.8, 4) is 0 Å². The van der Waals surface area contributed by atoms with E-state index in [2.05, 4.69) is 24.1 Å². The standard InChI is InChI=1S/C14H24N4O/c1-10(2)9-18-8-7-16-13(14(18)19)17-12-5-3-11(15)4-6-12/h7-8,10-12H,3-6,9,15H2,1-2H3,(H,16,17). The van der Waals surface area contributed by atoms with Crippen molar-refractivity contribution in [2.45, 2.75) is 58.2 Å². The molecule has 5 heteroatoms. The first kappa shape index (κ1) is 14.1. The van der Waals surface area contributed by atoms with Gasteiger partial charge < -0.3 is 15.6 Å². The van der Waals surface area contributed by atoms with E-state index in [1.807, 2.05) is 0 Å². The van der Waals surface area contributed by atoms with Gasteiger partial charge in [0, 0.05) is 31.0 Å². The van der Waals surface area contributed by atoms with Gasteiger partial charge in [0.15, 0.2) is 5.82 Å². The van der Waals surface area contributed by atoms with Gasteiger partial charge >= 0.3 is 0 Å². The molecule has 0 radical (unpaired) electrons. The number of hydrogen-bond donors (Lipinski definition) is 2. The molecule has 0 amide bonds. The minimum atomic E-state index is -0.0222. The highest BCUT2D eigenvalue weighted by Gasteiger charge is 2.19. The smallest absolute Gasteiger partial charge is 0.293 e. The van der Waals surface area contributed by atoms with Gasteiger partial charge in [-0.3, -0.25) is 4.79 Å². The number of nitrogens with zero attached hydrogens (tertiary/aromatic N) is 2. The summed E-state index contributed by atoms with van der Waals surface area (Å²) in [6, 6.07) is 0.647. The maximum Gasteiger partial charge on any atom is 0.293 e. The van der Waals surface area contributed by atoms with E-state index in [-0.39, 0.29) is 5.56 Å². The van der Waals surface area contributed by atoms with Crippen LogP contribution in [0.5, 0.6) is 0 Å². The highest BCUT2D eigenvalue weighted by atomic mass is 16.1. The Bertz CT molecular complexity index is 461. The summed E-state index contributed by atoms with van der Waals surface area (Å²) in [5.74, 6) is 0.921. The topological polar surface area (TPSA) is 72.9 Å². The van der Waals surface area contributed by atoms with Gasteiger partial charge in [0.25, 0.3) is 5.56 Å². The Morgan fingerprint density at radius 2 is 2.11 bits per heavy atom. The summed E-state index contributed by atoms with van der Waals surface area (Å²) in [4.78, 5) is 16.4. The van der Waals surface area contributed by atoms with Crippen molar-refractivity contribution >= 4 is 5.82 Å². The van der Waals surface area contributed by atoms with Crippen molar-refractivity contribution in [3.63, 3.8) is 0 Å². The lowest BCUT2D eigenvalue weighted by atomic mass is 9.92. The minimum absolute atomic E-state index is 0.0222. The molecular formula is C14H24N4O. The molecule has 0 atom stereocenters. The second-order valence-electron chi connectivity index (χ2n) is 5.88. The number of nitrogens with two attached hydrogens (primary N) is 1. The summed E-state index contributed by atoms with van der Waals surface area (Å²) in [7, 11) is 0. The summed E-state index contributed by atoms with van der Waals surface area (Å²) in [5.41, 5.74) is 5.87. The van der Waals surface area contributed by atoms with Crippen LogP contribution < -0.4 is 16.6 Å². The molecular weight excluding hydrogens is 240 g/mol. The van der Waals surface area contributed by atoms with E-state index in [0.717, 1.165) is 32.2 Å². The third-order valence-electron chi connectivity index (χ3n) is 3.59. The van der Waals surface area contributed by atoms with Crippen LogP contribution in [0.25, 0.3) is 0 Å². The van der Waals surface area contributed by atoms with Gasteiger partial charge in [-0.1, -0.05) is 13.8 Å². The van der Waals surface area contributed by atoms with Crippen molar-refractivity contribution in [2.75, 3.05) is 5.32 Å². The highest BCUT2D eigenvalue weighted by molar-refractivity contribution is 5.32. The van der Waals surface area contributed by atoms with Crippen LogP contribution in [0.2, 0.25) is 0 Å². The molecule has 0 bridgehead atoms. The van der Waals surface area contributed by atoms with Crippen molar-refractivity contribution < 1.29 is 0 Å². The molecule has 5 nitrogen and oxygen atoms in total. The van der Waals surface area contributed by atoms with Crippen LogP contribution in [0.3, 0.4) is 0 Å². The summed E-state index contributed by atoms with van der Waals surface area (Å²) in [6.45, 7) is 4.93. The first-order chi connectivity index (χ1) is 9.06. The molecule has 3 N–H and O–H groups in total. The molecule has 2 rings (SSSR count). The van der Waals surface area contributed by atoms with Crippen LogP contribution in [-0.2, 0) is 6.54 Å². The monoisotopic (exact) mass is 264 g/mol. The predicted molar refractivity (Wildman–Crippen MR) is 77.2 cm³/mol. The highest BCUT2D eigenvalue weighted by Crippen LogP contribution is 2.19. The van der Waals surface area contributed by atoms with Crippen molar-refractivity contribution in [1.82, 2.24) is 9.55 Å². The number of aromatic nitrogens is 2. The number of hydrogen-bond acceptors (Lipinski definition) is 4. The predicted octanol–water partition coefficient (Wildman–Crippen LogP) is 1.58. The summed E-state index contributed by atoms with van der Waals surface area (Å²) in [5, 5.41) is 3.28. The van der Waals surface area contributed by atoms with Gasteiger partial charge in [-0.15, -0.1) is 0 Å². The number of anilines is 1. The third kappa shape index (κ3) is 3.80. The zero-order valence-electron chi connectivity index (χ0n) is 11.8. The Kier molecular flexibility index (Phi) is 4.58. The number of rotatable bonds is 4. The van der Waals surface area contributed by atoms with E-state index in [0.29, 0.717) is 23.8 Å². The molecule has 1 saturated carbocycles. The van der Waals surface area contributed by atoms with Crippen molar-refractivity contribution in [1.29, 1.82) is 0 Å². The van der Waals surface area contributed by atoms with E-state index in [4.69, 9.17) is 5.73 Å². The zero-order valence-corrected chi connectivity index (χ0v) is 11.8. The second kappa shape index (κ2) is 6.19. The maximum absolute atomic E-state index is 12.3. The van der Waals surface area contributed by atoms with Gasteiger partial charge in [-0.25, -0.2) is 4.98 Å². The van der Waals surface area contributed by atoms with Gasteiger partial charge in [0.05, 0.1) is 0 Å². The number of nitrogens with one attached hydrogen (secondary N) is 1. The Balaban J connectivity index is 2.06. The fourth-order valence-electron chi connectivity index (χ4n) is 2.54. The normalized spacial score (nSPS) is 23.6. The van der Waals surface area contributed by atoms with E-state index in [1.165, 1.54) is 0 Å². The van der Waals surface area contributed by atoms with Crippen molar-refractivity contribution in [2.24, 2.45) is 11.7 Å². The van der Waals surface area contributed by atoms with E-state index >= 15 is 0 Å². The second-order valence-corrected chi connectivity index (χ2v) is 5.88. The molecule has 1 aliphatic rings. The molecule has 0 aromatic carbocycles. The lowest BCUT2D eigenvalue weighted by molar-refractivity contribution is 0.409. The summed E-state index contributed by atoms with van der Waals surface area (Å²) < 4.78 is 1.73. The molecule has 0 saturated heterocycles. The largest absolute Gasteiger partial charge is 0.363 e. The van der Waals surface area contributed by atoms with Crippen LogP contribution in [0.4, 0.5) is 5.82 Å². The molecule has 0 aliphatic heterocycles. The van der Waals surface area contributed by atoms with E-state index in [9.17, 15) is 4.79 Å². The average Bonchev–Trinajstić information content (AvgIpc) is 2.36. The van der Waals surface area contributed by atoms with Crippen LogP contribution in [0, 0.1) is 5.92 Å².